The van der Waals surface area contributed by atoms with Gasteiger partial charge in [-0.25, -0.2) is 0 Å². The van der Waals surface area contributed by atoms with Crippen LogP contribution in [-0.4, -0.2) is 0 Å². The summed E-state index contributed by atoms with van der Waals surface area (Å²) in [6.07, 6.45) is 7.00. The molecule has 0 unspecified atom stereocenters. The van der Waals surface area contributed by atoms with Crippen molar-refractivity contribution >= 4 is 32.3 Å². The quantitative estimate of drug-likeness (QED) is 0.161. The highest BCUT2D eigenvalue weighted by atomic mass is 14.5. The van der Waals surface area contributed by atoms with Gasteiger partial charge in [0.05, 0.1) is 0 Å². The third-order valence-electron chi connectivity index (χ3n) is 8.27. The van der Waals surface area contributed by atoms with E-state index in [1.165, 1.54) is 71.3 Å². The summed E-state index contributed by atoms with van der Waals surface area (Å²) in [6.45, 7) is 1.91. The SMILES string of the molecule is C/C(N)=C/C=C\Cc1cccc(-c2c3ccccc3c(-c3cccc4c(-c5ccccc5)cccc34)c3ccccc23)c1. The number of fused-ring (bicyclic) bond motifs is 3. The van der Waals surface area contributed by atoms with Crippen LogP contribution in [0.1, 0.15) is 12.5 Å². The van der Waals surface area contributed by atoms with Gasteiger partial charge in [-0.05, 0) is 90.7 Å². The lowest BCUT2D eigenvalue weighted by atomic mass is 9.84. The lowest BCUT2D eigenvalue weighted by Crippen LogP contribution is -1.93. The first-order valence-corrected chi connectivity index (χ1v) is 14.9. The zero-order chi connectivity index (χ0) is 29.2. The Hall–Kier alpha value is -5.40. The molecule has 2 N–H and O–H groups in total. The second-order valence-corrected chi connectivity index (χ2v) is 11.2. The molecule has 0 bridgehead atoms. The molecule has 0 spiro atoms. The summed E-state index contributed by atoms with van der Waals surface area (Å²) in [4.78, 5) is 0. The summed E-state index contributed by atoms with van der Waals surface area (Å²) in [5.74, 6) is 0. The Labute approximate surface area is 253 Å². The highest BCUT2D eigenvalue weighted by Gasteiger charge is 2.18. The van der Waals surface area contributed by atoms with Crippen molar-refractivity contribution in [2.24, 2.45) is 5.73 Å². The number of benzene rings is 7. The Balaban J connectivity index is 1.48. The second kappa shape index (κ2) is 11.5. The van der Waals surface area contributed by atoms with Crippen LogP contribution < -0.4 is 5.73 Å². The molecule has 0 amide bonds. The molecule has 7 aromatic carbocycles. The van der Waals surface area contributed by atoms with E-state index in [9.17, 15) is 0 Å². The van der Waals surface area contributed by atoms with Crippen LogP contribution in [0.2, 0.25) is 0 Å². The highest BCUT2D eigenvalue weighted by Crippen LogP contribution is 2.46. The Morgan fingerprint density at radius 3 is 1.67 bits per heavy atom. The van der Waals surface area contributed by atoms with Crippen molar-refractivity contribution in [3.8, 4) is 33.4 Å². The molecule has 43 heavy (non-hydrogen) atoms. The van der Waals surface area contributed by atoms with Crippen molar-refractivity contribution < 1.29 is 0 Å². The van der Waals surface area contributed by atoms with Crippen LogP contribution in [0.5, 0.6) is 0 Å². The van der Waals surface area contributed by atoms with E-state index in [4.69, 9.17) is 5.73 Å². The van der Waals surface area contributed by atoms with Crippen LogP contribution in [0.4, 0.5) is 0 Å². The van der Waals surface area contributed by atoms with Gasteiger partial charge in [0, 0.05) is 5.70 Å². The van der Waals surface area contributed by atoms with E-state index < -0.39 is 0 Å². The van der Waals surface area contributed by atoms with Gasteiger partial charge in [0.1, 0.15) is 0 Å². The Morgan fingerprint density at radius 1 is 0.512 bits per heavy atom. The van der Waals surface area contributed by atoms with E-state index in [0.29, 0.717) is 0 Å². The van der Waals surface area contributed by atoms with E-state index >= 15 is 0 Å². The molecule has 0 aromatic heterocycles. The van der Waals surface area contributed by atoms with Crippen LogP contribution in [0.3, 0.4) is 0 Å². The molecule has 0 aliphatic heterocycles. The Bertz CT molecular complexity index is 2110. The minimum Gasteiger partial charge on any atom is -0.402 e. The van der Waals surface area contributed by atoms with Gasteiger partial charge in [0.15, 0.2) is 0 Å². The van der Waals surface area contributed by atoms with Gasteiger partial charge in [-0.2, -0.15) is 0 Å². The van der Waals surface area contributed by atoms with Crippen LogP contribution in [-0.2, 0) is 6.42 Å². The number of hydrogen-bond donors (Lipinski definition) is 1. The normalized spacial score (nSPS) is 12.1. The van der Waals surface area contributed by atoms with Crippen LogP contribution in [0.15, 0.2) is 163 Å². The third-order valence-corrected chi connectivity index (χ3v) is 8.27. The molecular formula is C42H33N. The number of hydrogen-bond acceptors (Lipinski definition) is 1. The average molecular weight is 552 g/mol. The molecular weight excluding hydrogens is 518 g/mol. The van der Waals surface area contributed by atoms with Crippen molar-refractivity contribution in [2.45, 2.75) is 13.3 Å². The van der Waals surface area contributed by atoms with Crippen molar-refractivity contribution in [1.29, 1.82) is 0 Å². The third kappa shape index (κ3) is 5.00. The predicted octanol–water partition coefficient (Wildman–Crippen LogP) is 11.1. The van der Waals surface area contributed by atoms with Gasteiger partial charge in [0.25, 0.3) is 0 Å². The molecule has 0 saturated carbocycles. The molecule has 7 rings (SSSR count). The van der Waals surface area contributed by atoms with Crippen molar-refractivity contribution in [3.05, 3.63) is 169 Å². The minimum atomic E-state index is 0.811. The standard InChI is InChI=1S/C42H33N/c1-29(43)14-5-6-15-30-16-11-19-32(28-30)41-37-20-7-9-22-39(37)42(40-23-10-8-21-38(40)41)36-27-13-25-34-33(24-12-26-35(34)36)31-17-3-2-4-18-31/h2-14,16-28H,15,43H2,1H3/b6-5-,29-14-. The first kappa shape index (κ1) is 26.5. The number of allylic oxidation sites excluding steroid dienone is 4. The van der Waals surface area contributed by atoms with Crippen LogP contribution in [0.25, 0.3) is 65.7 Å². The predicted molar refractivity (Wildman–Crippen MR) is 186 cm³/mol. The average Bonchev–Trinajstić information content (AvgIpc) is 3.05. The molecule has 0 fully saturated rings. The van der Waals surface area contributed by atoms with Crippen molar-refractivity contribution in [3.63, 3.8) is 0 Å². The molecule has 0 saturated heterocycles. The first-order valence-electron chi connectivity index (χ1n) is 14.9. The summed E-state index contributed by atoms with van der Waals surface area (Å²) in [5.41, 5.74) is 15.4. The summed E-state index contributed by atoms with van der Waals surface area (Å²) in [6, 6.07) is 50.9. The molecule has 0 radical (unpaired) electrons. The van der Waals surface area contributed by atoms with Crippen LogP contribution >= 0.6 is 0 Å². The summed E-state index contributed by atoms with van der Waals surface area (Å²) in [7, 11) is 0. The van der Waals surface area contributed by atoms with E-state index in [1.807, 2.05) is 19.1 Å². The zero-order valence-corrected chi connectivity index (χ0v) is 24.3. The van der Waals surface area contributed by atoms with Gasteiger partial charge in [-0.1, -0.05) is 152 Å². The topological polar surface area (TPSA) is 26.0 Å². The summed E-state index contributed by atoms with van der Waals surface area (Å²) in [5, 5.41) is 7.60. The lowest BCUT2D eigenvalue weighted by molar-refractivity contribution is 1.26. The second-order valence-electron chi connectivity index (χ2n) is 11.2. The molecule has 0 aliphatic carbocycles. The molecule has 0 atom stereocenters. The molecule has 1 nitrogen and oxygen atoms in total. The Morgan fingerprint density at radius 2 is 1.02 bits per heavy atom. The van der Waals surface area contributed by atoms with E-state index in [-0.39, 0.29) is 0 Å². The maximum atomic E-state index is 5.81. The van der Waals surface area contributed by atoms with Gasteiger partial charge in [-0.15, -0.1) is 0 Å². The Kier molecular flexibility index (Phi) is 7.07. The fraction of sp³-hybridized carbons (Fsp3) is 0.0476. The van der Waals surface area contributed by atoms with E-state index in [0.717, 1.165) is 12.1 Å². The van der Waals surface area contributed by atoms with Gasteiger partial charge >= 0.3 is 0 Å². The van der Waals surface area contributed by atoms with Crippen molar-refractivity contribution in [2.75, 3.05) is 0 Å². The van der Waals surface area contributed by atoms with Crippen LogP contribution in [0, 0.1) is 0 Å². The van der Waals surface area contributed by atoms with E-state index in [1.54, 1.807) is 0 Å². The fourth-order valence-corrected chi connectivity index (χ4v) is 6.40. The molecule has 206 valence electrons. The smallest absolute Gasteiger partial charge is 0.00487 e. The number of nitrogens with two attached hydrogens (primary N) is 1. The maximum Gasteiger partial charge on any atom is 0.00487 e. The van der Waals surface area contributed by atoms with E-state index in [2.05, 4.69) is 146 Å². The molecule has 0 aliphatic rings. The first-order chi connectivity index (χ1) is 21.2. The zero-order valence-electron chi connectivity index (χ0n) is 24.3. The van der Waals surface area contributed by atoms with Gasteiger partial charge in [-0.3, -0.25) is 0 Å². The highest BCUT2D eigenvalue weighted by molar-refractivity contribution is 6.24. The number of rotatable bonds is 6. The molecule has 1 heteroatoms. The van der Waals surface area contributed by atoms with Gasteiger partial charge in [0.2, 0.25) is 0 Å². The summed E-state index contributed by atoms with van der Waals surface area (Å²) < 4.78 is 0. The fourth-order valence-electron chi connectivity index (χ4n) is 6.40. The lowest BCUT2D eigenvalue weighted by Gasteiger charge is -2.19. The summed E-state index contributed by atoms with van der Waals surface area (Å²) >= 11 is 0. The molecule has 7 aromatic rings. The van der Waals surface area contributed by atoms with Gasteiger partial charge < -0.3 is 5.73 Å². The largest absolute Gasteiger partial charge is 0.402 e. The monoisotopic (exact) mass is 551 g/mol. The maximum absolute atomic E-state index is 5.81. The van der Waals surface area contributed by atoms with Crippen molar-refractivity contribution in [1.82, 2.24) is 0 Å². The molecule has 0 heterocycles. The minimum absolute atomic E-state index is 0.811.